The van der Waals surface area contributed by atoms with Crippen molar-refractivity contribution < 1.29 is 9.59 Å². The van der Waals surface area contributed by atoms with E-state index in [2.05, 4.69) is 6.58 Å². The minimum Gasteiger partial charge on any atom is -0.337 e. The van der Waals surface area contributed by atoms with E-state index in [4.69, 9.17) is 0 Å². The maximum Gasteiger partial charge on any atom is 0.245 e. The molecule has 1 fully saturated rings. The zero-order valence-electron chi connectivity index (χ0n) is 11.0. The molecule has 0 aromatic rings. The van der Waals surface area contributed by atoms with Gasteiger partial charge in [-0.2, -0.15) is 0 Å². The Hall–Kier alpha value is -1.32. The van der Waals surface area contributed by atoms with Gasteiger partial charge in [-0.3, -0.25) is 9.59 Å². The summed E-state index contributed by atoms with van der Waals surface area (Å²) in [4.78, 5) is 27.2. The van der Waals surface area contributed by atoms with Crippen molar-refractivity contribution in [3.05, 3.63) is 12.2 Å². The highest BCUT2D eigenvalue weighted by Gasteiger charge is 2.34. The van der Waals surface area contributed by atoms with E-state index in [0.717, 1.165) is 18.4 Å². The van der Waals surface area contributed by atoms with Gasteiger partial charge in [0.15, 0.2) is 0 Å². The molecule has 0 bridgehead atoms. The zero-order valence-corrected chi connectivity index (χ0v) is 11.0. The predicted molar refractivity (Wildman–Crippen MR) is 67.5 cm³/mol. The SMILES string of the molecule is C=C(C)CN(CC)C(=O)[C@H]1CCCN1C(C)=O. The van der Waals surface area contributed by atoms with Gasteiger partial charge >= 0.3 is 0 Å². The molecule has 0 N–H and O–H groups in total. The Morgan fingerprint density at radius 2 is 2.06 bits per heavy atom. The topological polar surface area (TPSA) is 40.6 Å². The number of carbonyl (C=O) groups excluding carboxylic acids is 2. The van der Waals surface area contributed by atoms with Crippen molar-refractivity contribution in [2.24, 2.45) is 0 Å². The average Bonchev–Trinajstić information content (AvgIpc) is 2.73. The third-order valence-corrected chi connectivity index (χ3v) is 3.10. The molecule has 96 valence electrons. The fourth-order valence-electron chi connectivity index (χ4n) is 2.28. The molecule has 4 heteroatoms. The number of hydrogen-bond donors (Lipinski definition) is 0. The Balaban J connectivity index is 2.73. The summed E-state index contributed by atoms with van der Waals surface area (Å²) in [6, 6.07) is -0.258. The molecule has 0 aromatic carbocycles. The summed E-state index contributed by atoms with van der Waals surface area (Å²) in [7, 11) is 0. The lowest BCUT2D eigenvalue weighted by Crippen LogP contribution is -2.47. The lowest BCUT2D eigenvalue weighted by molar-refractivity contribution is -0.142. The number of amides is 2. The average molecular weight is 238 g/mol. The number of hydrogen-bond acceptors (Lipinski definition) is 2. The summed E-state index contributed by atoms with van der Waals surface area (Å²) < 4.78 is 0. The molecular formula is C13H22N2O2. The summed E-state index contributed by atoms with van der Waals surface area (Å²) in [6.07, 6.45) is 1.70. The van der Waals surface area contributed by atoms with Crippen LogP contribution in [0.3, 0.4) is 0 Å². The van der Waals surface area contributed by atoms with Crippen molar-refractivity contribution in [1.29, 1.82) is 0 Å². The molecule has 1 atom stereocenters. The Kier molecular flexibility index (Phi) is 4.73. The molecule has 1 heterocycles. The molecular weight excluding hydrogens is 216 g/mol. The number of likely N-dealkylation sites (tertiary alicyclic amines) is 1. The summed E-state index contributed by atoms with van der Waals surface area (Å²) >= 11 is 0. The molecule has 4 nitrogen and oxygen atoms in total. The van der Waals surface area contributed by atoms with Crippen molar-refractivity contribution in [2.45, 2.75) is 39.7 Å². The van der Waals surface area contributed by atoms with Crippen LogP contribution in [0.25, 0.3) is 0 Å². The smallest absolute Gasteiger partial charge is 0.245 e. The van der Waals surface area contributed by atoms with E-state index in [9.17, 15) is 9.59 Å². The van der Waals surface area contributed by atoms with Crippen LogP contribution in [-0.4, -0.2) is 47.3 Å². The van der Waals surface area contributed by atoms with Crippen molar-refractivity contribution in [2.75, 3.05) is 19.6 Å². The van der Waals surface area contributed by atoms with Crippen LogP contribution in [0.5, 0.6) is 0 Å². The predicted octanol–water partition coefficient (Wildman–Crippen LogP) is 1.42. The molecule has 17 heavy (non-hydrogen) atoms. The molecule has 0 aliphatic carbocycles. The molecule has 1 saturated heterocycles. The van der Waals surface area contributed by atoms with E-state index in [-0.39, 0.29) is 17.9 Å². The second-order valence-corrected chi connectivity index (χ2v) is 4.68. The van der Waals surface area contributed by atoms with Gasteiger partial charge in [0.25, 0.3) is 0 Å². The van der Waals surface area contributed by atoms with Crippen molar-refractivity contribution in [3.63, 3.8) is 0 Å². The van der Waals surface area contributed by atoms with Crippen LogP contribution >= 0.6 is 0 Å². The molecule has 1 aliphatic rings. The first-order valence-corrected chi connectivity index (χ1v) is 6.17. The van der Waals surface area contributed by atoms with E-state index in [1.807, 2.05) is 13.8 Å². The van der Waals surface area contributed by atoms with Crippen LogP contribution in [0.2, 0.25) is 0 Å². The van der Waals surface area contributed by atoms with Crippen LogP contribution in [0.1, 0.15) is 33.6 Å². The molecule has 0 aromatic heterocycles. The monoisotopic (exact) mass is 238 g/mol. The lowest BCUT2D eigenvalue weighted by Gasteiger charge is -2.29. The molecule has 2 amide bonds. The largest absolute Gasteiger partial charge is 0.337 e. The third-order valence-electron chi connectivity index (χ3n) is 3.10. The molecule has 0 radical (unpaired) electrons. The Morgan fingerprint density at radius 3 is 2.53 bits per heavy atom. The van der Waals surface area contributed by atoms with Gasteiger partial charge in [0.1, 0.15) is 6.04 Å². The van der Waals surface area contributed by atoms with E-state index < -0.39 is 0 Å². The highest BCUT2D eigenvalue weighted by molar-refractivity contribution is 5.87. The Labute approximate surface area is 103 Å². The van der Waals surface area contributed by atoms with Gasteiger partial charge < -0.3 is 9.80 Å². The van der Waals surface area contributed by atoms with E-state index in [0.29, 0.717) is 19.6 Å². The number of likely N-dealkylation sites (N-methyl/N-ethyl adjacent to an activating group) is 1. The maximum atomic E-state index is 12.3. The van der Waals surface area contributed by atoms with Crippen LogP contribution < -0.4 is 0 Å². The van der Waals surface area contributed by atoms with Crippen LogP contribution in [0, 0.1) is 0 Å². The summed E-state index contributed by atoms with van der Waals surface area (Å²) in [5, 5.41) is 0. The van der Waals surface area contributed by atoms with Crippen LogP contribution in [0.15, 0.2) is 12.2 Å². The van der Waals surface area contributed by atoms with Crippen molar-refractivity contribution >= 4 is 11.8 Å². The van der Waals surface area contributed by atoms with Gasteiger partial charge in [0.2, 0.25) is 11.8 Å². The molecule has 0 saturated carbocycles. The third kappa shape index (κ3) is 3.32. The highest BCUT2D eigenvalue weighted by Crippen LogP contribution is 2.19. The maximum absolute atomic E-state index is 12.3. The van der Waals surface area contributed by atoms with Crippen molar-refractivity contribution in [3.8, 4) is 0 Å². The summed E-state index contributed by atoms with van der Waals surface area (Å²) in [6.45, 7) is 11.2. The lowest BCUT2D eigenvalue weighted by atomic mass is 10.1. The van der Waals surface area contributed by atoms with E-state index in [1.54, 1.807) is 9.80 Å². The van der Waals surface area contributed by atoms with Crippen LogP contribution in [-0.2, 0) is 9.59 Å². The first-order chi connectivity index (χ1) is 7.97. The quantitative estimate of drug-likeness (QED) is 0.695. The van der Waals surface area contributed by atoms with Gasteiger partial charge in [0.05, 0.1) is 0 Å². The molecule has 1 rings (SSSR count). The minimum absolute atomic E-state index is 0.00720. The van der Waals surface area contributed by atoms with Gasteiger partial charge in [-0.25, -0.2) is 0 Å². The summed E-state index contributed by atoms with van der Waals surface area (Å²) in [5.74, 6) is 0.0513. The molecule has 1 aliphatic heterocycles. The van der Waals surface area contributed by atoms with Gasteiger partial charge in [-0.15, -0.1) is 0 Å². The van der Waals surface area contributed by atoms with Crippen molar-refractivity contribution in [1.82, 2.24) is 9.80 Å². The number of carbonyl (C=O) groups is 2. The number of nitrogens with zero attached hydrogens (tertiary/aromatic N) is 2. The van der Waals surface area contributed by atoms with E-state index in [1.165, 1.54) is 6.92 Å². The Morgan fingerprint density at radius 1 is 1.41 bits per heavy atom. The molecule has 0 unspecified atom stereocenters. The second kappa shape index (κ2) is 5.84. The first-order valence-electron chi connectivity index (χ1n) is 6.17. The summed E-state index contributed by atoms with van der Waals surface area (Å²) in [5.41, 5.74) is 0.965. The van der Waals surface area contributed by atoms with Gasteiger partial charge in [-0.1, -0.05) is 12.2 Å². The second-order valence-electron chi connectivity index (χ2n) is 4.68. The normalized spacial score (nSPS) is 19.2. The fraction of sp³-hybridized carbons (Fsp3) is 0.692. The fourth-order valence-corrected chi connectivity index (χ4v) is 2.28. The highest BCUT2D eigenvalue weighted by atomic mass is 16.2. The van der Waals surface area contributed by atoms with Crippen LogP contribution in [0.4, 0.5) is 0 Å². The standard InChI is InChI=1S/C13H22N2O2/c1-5-14(9-10(2)3)13(17)12-7-6-8-15(12)11(4)16/h12H,2,5-9H2,1,3-4H3/t12-/m1/s1. The zero-order chi connectivity index (χ0) is 13.0. The number of rotatable bonds is 4. The molecule has 0 spiro atoms. The minimum atomic E-state index is -0.258. The Bertz CT molecular complexity index is 325. The van der Waals surface area contributed by atoms with Gasteiger partial charge in [0, 0.05) is 26.6 Å². The van der Waals surface area contributed by atoms with E-state index >= 15 is 0 Å². The van der Waals surface area contributed by atoms with Gasteiger partial charge in [-0.05, 0) is 26.7 Å². The first kappa shape index (κ1) is 13.7.